The third-order valence-electron chi connectivity index (χ3n) is 7.73. The summed E-state index contributed by atoms with van der Waals surface area (Å²) in [6.45, 7) is 0. The van der Waals surface area contributed by atoms with Gasteiger partial charge in [-0.25, -0.2) is 19.9 Å². The molecular formula is C36H26N4O2. The van der Waals surface area contributed by atoms with E-state index in [-0.39, 0.29) is 11.6 Å². The number of hydrogen-bond donors (Lipinski definition) is 0. The van der Waals surface area contributed by atoms with Gasteiger partial charge in [-0.3, -0.25) is 9.59 Å². The third kappa shape index (κ3) is 4.99. The number of aromatic nitrogens is 4. The molecule has 0 atom stereocenters. The molecule has 7 rings (SSSR count). The molecule has 0 unspecified atom stereocenters. The summed E-state index contributed by atoms with van der Waals surface area (Å²) in [5.74, 6) is 1.21. The van der Waals surface area contributed by atoms with E-state index < -0.39 is 0 Å². The van der Waals surface area contributed by atoms with Gasteiger partial charge in [0, 0.05) is 34.7 Å². The summed E-state index contributed by atoms with van der Waals surface area (Å²) < 4.78 is 0. The Morgan fingerprint density at radius 3 is 1.43 bits per heavy atom. The highest BCUT2D eigenvalue weighted by atomic mass is 16.1. The van der Waals surface area contributed by atoms with E-state index in [0.29, 0.717) is 48.5 Å². The first-order chi connectivity index (χ1) is 20.6. The van der Waals surface area contributed by atoms with Crippen molar-refractivity contribution in [2.75, 3.05) is 0 Å². The highest BCUT2D eigenvalue weighted by Gasteiger charge is 2.25. The van der Waals surface area contributed by atoms with Crippen molar-refractivity contribution in [2.24, 2.45) is 0 Å². The van der Waals surface area contributed by atoms with Gasteiger partial charge in [-0.05, 0) is 55.0 Å². The number of carbonyl (C=O) groups excluding carboxylic acids is 2. The van der Waals surface area contributed by atoms with Gasteiger partial charge in [-0.15, -0.1) is 0 Å². The molecule has 3 aromatic carbocycles. The van der Waals surface area contributed by atoms with E-state index >= 15 is 0 Å². The second-order valence-electron chi connectivity index (χ2n) is 10.5. The van der Waals surface area contributed by atoms with E-state index in [9.17, 15) is 9.59 Å². The van der Waals surface area contributed by atoms with Crippen LogP contribution in [0.2, 0.25) is 0 Å². The maximum absolute atomic E-state index is 13.3. The SMILES string of the molecule is O=C1/C(=C/c2cccc(/C=C3\CCc4nc(-c5ccccc5)ncc4C3=O)c2)CCc2nc(-c3ccccc3)ncc21. The molecule has 6 nitrogen and oxygen atoms in total. The van der Waals surface area contributed by atoms with E-state index in [2.05, 4.69) is 9.97 Å². The van der Waals surface area contributed by atoms with Gasteiger partial charge in [0.05, 0.1) is 22.5 Å². The van der Waals surface area contributed by atoms with Crippen LogP contribution in [-0.4, -0.2) is 31.5 Å². The minimum Gasteiger partial charge on any atom is -0.289 e. The molecule has 0 radical (unpaired) electrons. The molecule has 42 heavy (non-hydrogen) atoms. The van der Waals surface area contributed by atoms with Crippen molar-refractivity contribution in [1.82, 2.24) is 19.9 Å². The molecule has 0 bridgehead atoms. The zero-order valence-corrected chi connectivity index (χ0v) is 22.8. The van der Waals surface area contributed by atoms with Crippen LogP contribution in [0.15, 0.2) is 108 Å². The number of aryl methyl sites for hydroxylation is 2. The smallest absolute Gasteiger partial charge is 0.192 e. The molecule has 2 heterocycles. The average Bonchev–Trinajstić information content (AvgIpc) is 3.04. The molecule has 0 saturated carbocycles. The molecule has 2 aliphatic carbocycles. The van der Waals surface area contributed by atoms with E-state index in [4.69, 9.17) is 9.97 Å². The van der Waals surface area contributed by atoms with Gasteiger partial charge in [0.2, 0.25) is 0 Å². The van der Waals surface area contributed by atoms with Gasteiger partial charge in [0.1, 0.15) is 0 Å². The maximum Gasteiger partial charge on any atom is 0.192 e. The van der Waals surface area contributed by atoms with Crippen molar-refractivity contribution in [2.45, 2.75) is 25.7 Å². The second-order valence-corrected chi connectivity index (χ2v) is 10.5. The Kier molecular flexibility index (Phi) is 6.64. The summed E-state index contributed by atoms with van der Waals surface area (Å²) in [4.78, 5) is 45.0. The Balaban J connectivity index is 1.11. The van der Waals surface area contributed by atoms with Gasteiger partial charge in [0.25, 0.3) is 0 Å². The molecule has 0 aliphatic heterocycles. The zero-order valence-electron chi connectivity index (χ0n) is 22.8. The molecule has 0 spiro atoms. The van der Waals surface area contributed by atoms with Gasteiger partial charge >= 0.3 is 0 Å². The lowest BCUT2D eigenvalue weighted by Crippen LogP contribution is -2.17. The van der Waals surface area contributed by atoms with Gasteiger partial charge in [-0.1, -0.05) is 78.9 Å². The number of Topliss-reactive ketones (excluding diaryl/α,β-unsaturated/α-hetero) is 2. The topological polar surface area (TPSA) is 85.7 Å². The minimum atomic E-state index is -0.0337. The number of ketones is 2. The van der Waals surface area contributed by atoms with Gasteiger partial charge in [-0.2, -0.15) is 0 Å². The van der Waals surface area contributed by atoms with E-state index in [1.807, 2.05) is 97.1 Å². The van der Waals surface area contributed by atoms with E-state index in [1.165, 1.54) is 0 Å². The number of allylic oxidation sites excluding steroid dienone is 2. The Labute approximate surface area is 243 Å². The van der Waals surface area contributed by atoms with Crippen molar-refractivity contribution < 1.29 is 9.59 Å². The molecule has 0 saturated heterocycles. The summed E-state index contributed by atoms with van der Waals surface area (Å²) >= 11 is 0. The fourth-order valence-electron chi connectivity index (χ4n) is 5.54. The van der Waals surface area contributed by atoms with Crippen LogP contribution in [-0.2, 0) is 12.8 Å². The molecule has 2 aliphatic rings. The highest BCUT2D eigenvalue weighted by molar-refractivity contribution is 6.13. The highest BCUT2D eigenvalue weighted by Crippen LogP contribution is 2.29. The van der Waals surface area contributed by atoms with Gasteiger partial charge in [0.15, 0.2) is 23.2 Å². The van der Waals surface area contributed by atoms with E-state index in [0.717, 1.165) is 44.8 Å². The molecular weight excluding hydrogens is 520 g/mol. The van der Waals surface area contributed by atoms with Crippen LogP contribution >= 0.6 is 0 Å². The van der Waals surface area contributed by atoms with Crippen LogP contribution in [0.4, 0.5) is 0 Å². The van der Waals surface area contributed by atoms with Crippen LogP contribution in [0.5, 0.6) is 0 Å². The quantitative estimate of drug-likeness (QED) is 0.225. The standard InChI is InChI=1S/C36H26N4O2/c41-33-27(14-16-31-29(33)21-37-35(39-31)25-10-3-1-4-11-25)19-23-8-7-9-24(18-23)20-28-15-17-32-30(34(28)42)22-38-36(40-32)26-12-5-2-6-13-26/h1-13,18-22H,14-17H2/b27-19+,28-20+. The number of nitrogens with zero attached hydrogens (tertiary/aromatic N) is 4. The fraction of sp³-hybridized carbons (Fsp3) is 0.111. The molecule has 0 N–H and O–H groups in total. The Morgan fingerprint density at radius 1 is 0.524 bits per heavy atom. The summed E-state index contributed by atoms with van der Waals surface area (Å²) in [5.41, 5.74) is 7.88. The molecule has 2 aromatic heterocycles. The molecule has 0 amide bonds. The number of benzene rings is 3. The Morgan fingerprint density at radius 2 is 0.976 bits per heavy atom. The number of fused-ring (bicyclic) bond motifs is 2. The first kappa shape index (κ1) is 25.6. The Bertz CT molecular complexity index is 1770. The predicted molar refractivity (Wildman–Crippen MR) is 163 cm³/mol. The first-order valence-corrected chi connectivity index (χ1v) is 14.1. The van der Waals surface area contributed by atoms with Crippen molar-refractivity contribution in [3.8, 4) is 22.8 Å². The monoisotopic (exact) mass is 546 g/mol. The van der Waals surface area contributed by atoms with Crippen LogP contribution < -0.4 is 0 Å². The van der Waals surface area contributed by atoms with Crippen molar-refractivity contribution in [3.05, 3.63) is 142 Å². The normalized spacial score (nSPS) is 16.4. The van der Waals surface area contributed by atoms with Crippen molar-refractivity contribution in [3.63, 3.8) is 0 Å². The van der Waals surface area contributed by atoms with Gasteiger partial charge < -0.3 is 0 Å². The zero-order chi connectivity index (χ0) is 28.5. The van der Waals surface area contributed by atoms with Crippen LogP contribution in [0.25, 0.3) is 34.9 Å². The summed E-state index contributed by atoms with van der Waals surface area (Å²) in [5, 5.41) is 0. The Hall–Kier alpha value is -5.36. The fourth-order valence-corrected chi connectivity index (χ4v) is 5.54. The lowest BCUT2D eigenvalue weighted by molar-refractivity contribution is 0.101. The van der Waals surface area contributed by atoms with Crippen LogP contribution in [0, 0.1) is 0 Å². The summed E-state index contributed by atoms with van der Waals surface area (Å²) in [7, 11) is 0. The lowest BCUT2D eigenvalue weighted by atomic mass is 9.88. The van der Waals surface area contributed by atoms with Crippen molar-refractivity contribution >= 4 is 23.7 Å². The number of hydrogen-bond acceptors (Lipinski definition) is 6. The lowest BCUT2D eigenvalue weighted by Gasteiger charge is -2.17. The van der Waals surface area contributed by atoms with E-state index in [1.54, 1.807) is 12.4 Å². The summed E-state index contributed by atoms with van der Waals surface area (Å²) in [6, 6.07) is 27.5. The molecule has 6 heteroatoms. The maximum atomic E-state index is 13.3. The molecule has 202 valence electrons. The third-order valence-corrected chi connectivity index (χ3v) is 7.73. The minimum absolute atomic E-state index is 0.0337. The van der Waals surface area contributed by atoms with Crippen LogP contribution in [0.1, 0.15) is 56.1 Å². The summed E-state index contributed by atoms with van der Waals surface area (Å²) in [6.07, 6.45) is 9.78. The molecule has 0 fully saturated rings. The second kappa shape index (κ2) is 10.9. The first-order valence-electron chi connectivity index (χ1n) is 14.1. The average molecular weight is 547 g/mol. The number of carbonyl (C=O) groups is 2. The predicted octanol–water partition coefficient (Wildman–Crippen LogP) is 7.03. The van der Waals surface area contributed by atoms with Crippen molar-refractivity contribution in [1.29, 1.82) is 0 Å². The number of rotatable bonds is 4. The molecule has 5 aromatic rings. The largest absolute Gasteiger partial charge is 0.289 e. The van der Waals surface area contributed by atoms with Crippen LogP contribution in [0.3, 0.4) is 0 Å².